The molecule has 3 heterocycles. The van der Waals surface area contributed by atoms with Crippen LogP contribution in [-0.2, 0) is 11.2 Å². The molecule has 2 aliphatic heterocycles. The molecule has 2 saturated heterocycles. The van der Waals surface area contributed by atoms with Crippen molar-refractivity contribution in [2.45, 2.75) is 38.2 Å². The number of aromatic nitrogens is 1. The van der Waals surface area contributed by atoms with Crippen LogP contribution >= 0.6 is 0 Å². The molecule has 0 saturated carbocycles. The van der Waals surface area contributed by atoms with Crippen LogP contribution in [0.15, 0.2) is 30.5 Å². The summed E-state index contributed by atoms with van der Waals surface area (Å²) in [6, 6.07) is 6.17. The van der Waals surface area contributed by atoms with E-state index in [4.69, 9.17) is 4.74 Å². The monoisotopic (exact) mass is 423 g/mol. The average molecular weight is 423 g/mol. The van der Waals surface area contributed by atoms with E-state index in [1.54, 1.807) is 23.1 Å². The topological polar surface area (TPSA) is 79.8 Å². The van der Waals surface area contributed by atoms with E-state index in [2.05, 4.69) is 4.98 Å². The van der Waals surface area contributed by atoms with Crippen molar-refractivity contribution in [3.05, 3.63) is 53.1 Å². The molecule has 1 aromatic carbocycles. The first-order valence-electron chi connectivity index (χ1n) is 10.6. The molecule has 2 fully saturated rings. The van der Waals surface area contributed by atoms with Crippen molar-refractivity contribution in [2.24, 2.45) is 0 Å². The van der Waals surface area contributed by atoms with Gasteiger partial charge in [0.2, 0.25) is 0 Å². The number of carbonyl (C=O) groups excluding carboxylic acids is 3. The number of amides is 2. The van der Waals surface area contributed by atoms with Gasteiger partial charge in [0, 0.05) is 43.7 Å². The summed E-state index contributed by atoms with van der Waals surface area (Å²) in [5.41, 5.74) is 1.54. The zero-order valence-corrected chi connectivity index (χ0v) is 17.0. The lowest BCUT2D eigenvalue weighted by Gasteiger charge is -2.18. The number of nitrogens with zero attached hydrogens (tertiary/aromatic N) is 3. The number of Topliss-reactive ketones (excluding diaryl/α,β-unsaturated/α-hetero) is 1. The first-order chi connectivity index (χ1) is 15.0. The number of halogens is 1. The molecule has 7 nitrogen and oxygen atoms in total. The van der Waals surface area contributed by atoms with Gasteiger partial charge in [-0.15, -0.1) is 0 Å². The summed E-state index contributed by atoms with van der Waals surface area (Å²) in [5.74, 6) is -0.529. The molecule has 3 aliphatic rings. The number of anilines is 1. The normalized spacial score (nSPS) is 20.5. The SMILES string of the molecule is O=C1CCc2c(F)cc(N3CC[C@@H](Oc4ccc(C(=O)N5CCCC5)nc4)C3=O)cc21. The molecule has 0 spiro atoms. The predicted octanol–water partition coefficient (Wildman–Crippen LogP) is 2.77. The smallest absolute Gasteiger partial charge is 0.272 e. The summed E-state index contributed by atoms with van der Waals surface area (Å²) in [4.78, 5) is 44.7. The number of hydrogen-bond donors (Lipinski definition) is 0. The number of benzene rings is 1. The quantitative estimate of drug-likeness (QED) is 0.756. The number of likely N-dealkylation sites (tertiary alicyclic amines) is 1. The van der Waals surface area contributed by atoms with Crippen molar-refractivity contribution in [3.8, 4) is 5.75 Å². The second kappa shape index (κ2) is 7.76. The van der Waals surface area contributed by atoms with Gasteiger partial charge >= 0.3 is 0 Å². The van der Waals surface area contributed by atoms with Crippen molar-refractivity contribution >= 4 is 23.3 Å². The summed E-state index contributed by atoms with van der Waals surface area (Å²) < 4.78 is 20.2. The zero-order valence-electron chi connectivity index (χ0n) is 17.0. The van der Waals surface area contributed by atoms with Gasteiger partial charge in [0.05, 0.1) is 6.20 Å². The Morgan fingerprint density at radius 3 is 2.65 bits per heavy atom. The largest absolute Gasteiger partial charge is 0.479 e. The Labute approximate surface area is 178 Å². The molecular formula is C23H22FN3O4. The van der Waals surface area contributed by atoms with Gasteiger partial charge in [0.15, 0.2) is 11.9 Å². The molecule has 0 N–H and O–H groups in total. The minimum Gasteiger partial charge on any atom is -0.479 e. The van der Waals surface area contributed by atoms with Crippen LogP contribution in [0.25, 0.3) is 0 Å². The fourth-order valence-electron chi connectivity index (χ4n) is 4.50. The number of ketones is 1. The summed E-state index contributed by atoms with van der Waals surface area (Å²) in [6.45, 7) is 1.87. The lowest BCUT2D eigenvalue weighted by Crippen LogP contribution is -2.32. The maximum Gasteiger partial charge on any atom is 0.272 e. The van der Waals surface area contributed by atoms with Crippen LogP contribution in [0.2, 0.25) is 0 Å². The molecular weight excluding hydrogens is 401 g/mol. The van der Waals surface area contributed by atoms with E-state index < -0.39 is 11.9 Å². The van der Waals surface area contributed by atoms with Gasteiger partial charge in [-0.25, -0.2) is 9.37 Å². The third-order valence-corrected chi connectivity index (χ3v) is 6.18. The van der Waals surface area contributed by atoms with Crippen LogP contribution in [0, 0.1) is 5.82 Å². The molecule has 1 atom stereocenters. The number of fused-ring (bicyclic) bond motifs is 1. The van der Waals surface area contributed by atoms with Crippen molar-refractivity contribution in [1.82, 2.24) is 9.88 Å². The highest BCUT2D eigenvalue weighted by Crippen LogP contribution is 2.32. The molecule has 5 rings (SSSR count). The van der Waals surface area contributed by atoms with Gasteiger partial charge < -0.3 is 14.5 Å². The standard InChI is InChI=1S/C23H22FN3O4/c24-18-12-14(11-17-16(18)4-6-20(17)28)27-10-7-21(23(27)30)31-15-3-5-19(25-13-15)22(29)26-8-1-2-9-26/h3,5,11-13,21H,1-2,4,6-10H2/t21-/m1/s1. The Morgan fingerprint density at radius 2 is 1.90 bits per heavy atom. The van der Waals surface area contributed by atoms with E-state index in [9.17, 15) is 18.8 Å². The first-order valence-corrected chi connectivity index (χ1v) is 10.6. The van der Waals surface area contributed by atoms with E-state index in [-0.39, 0.29) is 17.6 Å². The average Bonchev–Trinajstić information content (AvgIpc) is 3.51. The minimum atomic E-state index is -0.728. The Morgan fingerprint density at radius 1 is 1.10 bits per heavy atom. The Bertz CT molecular complexity index is 1060. The molecule has 0 radical (unpaired) electrons. The lowest BCUT2D eigenvalue weighted by atomic mass is 10.1. The molecule has 160 valence electrons. The first kappa shape index (κ1) is 19.7. The van der Waals surface area contributed by atoms with Crippen LogP contribution < -0.4 is 9.64 Å². The van der Waals surface area contributed by atoms with Gasteiger partial charge in [-0.1, -0.05) is 0 Å². The Hall–Kier alpha value is -3.29. The van der Waals surface area contributed by atoms with Gasteiger partial charge in [0.25, 0.3) is 11.8 Å². The third-order valence-electron chi connectivity index (χ3n) is 6.18. The van der Waals surface area contributed by atoms with Crippen molar-refractivity contribution < 1.29 is 23.5 Å². The highest BCUT2D eigenvalue weighted by Gasteiger charge is 2.36. The van der Waals surface area contributed by atoms with Gasteiger partial charge in [-0.2, -0.15) is 0 Å². The molecule has 1 aromatic heterocycles. The van der Waals surface area contributed by atoms with Crippen LogP contribution in [-0.4, -0.2) is 53.2 Å². The maximum atomic E-state index is 14.4. The summed E-state index contributed by atoms with van der Waals surface area (Å²) in [5, 5.41) is 0. The zero-order chi connectivity index (χ0) is 21.5. The summed E-state index contributed by atoms with van der Waals surface area (Å²) in [7, 11) is 0. The Kier molecular flexibility index (Phi) is 4.92. The van der Waals surface area contributed by atoms with Crippen molar-refractivity contribution in [1.29, 1.82) is 0 Å². The number of hydrogen-bond acceptors (Lipinski definition) is 5. The van der Waals surface area contributed by atoms with Crippen LogP contribution in [0.5, 0.6) is 5.75 Å². The van der Waals surface area contributed by atoms with Crippen LogP contribution in [0.4, 0.5) is 10.1 Å². The summed E-state index contributed by atoms with van der Waals surface area (Å²) >= 11 is 0. The van der Waals surface area contributed by atoms with E-state index >= 15 is 0 Å². The lowest BCUT2D eigenvalue weighted by molar-refractivity contribution is -0.122. The van der Waals surface area contributed by atoms with Crippen molar-refractivity contribution in [3.63, 3.8) is 0 Å². The predicted molar refractivity (Wildman–Crippen MR) is 110 cm³/mol. The Balaban J connectivity index is 1.27. The van der Waals surface area contributed by atoms with Crippen molar-refractivity contribution in [2.75, 3.05) is 24.5 Å². The second-order valence-corrected chi connectivity index (χ2v) is 8.14. The molecule has 2 amide bonds. The summed E-state index contributed by atoms with van der Waals surface area (Å²) in [6.07, 6.45) is 3.88. The number of ether oxygens (including phenoxy) is 1. The van der Waals surface area contributed by atoms with E-state index in [0.29, 0.717) is 54.1 Å². The van der Waals surface area contributed by atoms with Gasteiger partial charge in [0.1, 0.15) is 17.3 Å². The van der Waals surface area contributed by atoms with E-state index in [0.717, 1.165) is 25.9 Å². The molecule has 8 heteroatoms. The molecule has 0 bridgehead atoms. The minimum absolute atomic E-state index is 0.0927. The molecule has 0 unspecified atom stereocenters. The maximum absolute atomic E-state index is 14.4. The fraction of sp³-hybridized carbons (Fsp3) is 0.391. The number of carbonyl (C=O) groups is 3. The second-order valence-electron chi connectivity index (χ2n) is 8.14. The number of pyridine rings is 1. The highest BCUT2D eigenvalue weighted by molar-refractivity contribution is 6.04. The fourth-order valence-corrected chi connectivity index (χ4v) is 4.50. The molecule has 31 heavy (non-hydrogen) atoms. The van der Waals surface area contributed by atoms with Gasteiger partial charge in [-0.3, -0.25) is 14.4 Å². The highest BCUT2D eigenvalue weighted by atomic mass is 19.1. The molecule has 2 aromatic rings. The van der Waals surface area contributed by atoms with Gasteiger partial charge in [-0.05, 0) is 49.1 Å². The molecule has 1 aliphatic carbocycles. The van der Waals surface area contributed by atoms with Crippen LogP contribution in [0.1, 0.15) is 52.1 Å². The van der Waals surface area contributed by atoms with E-state index in [1.807, 2.05) is 0 Å². The van der Waals surface area contributed by atoms with Crippen LogP contribution in [0.3, 0.4) is 0 Å². The van der Waals surface area contributed by atoms with E-state index in [1.165, 1.54) is 17.2 Å². The third kappa shape index (κ3) is 3.56. The number of rotatable bonds is 4.